The molecule has 11 heavy (non-hydrogen) atoms. The van der Waals surface area contributed by atoms with Gasteiger partial charge in [-0.1, -0.05) is 25.6 Å². The van der Waals surface area contributed by atoms with E-state index >= 15 is 0 Å². The molecule has 0 aromatic heterocycles. The smallest absolute Gasteiger partial charge is 0.303 e. The lowest BCUT2D eigenvalue weighted by Crippen LogP contribution is -1.91. The Morgan fingerprint density at radius 2 is 1.91 bits per heavy atom. The van der Waals surface area contributed by atoms with E-state index < -0.39 is 5.97 Å². The highest BCUT2D eigenvalue weighted by Crippen LogP contribution is 1.91. The van der Waals surface area contributed by atoms with Crippen molar-refractivity contribution >= 4 is 47.0 Å². The van der Waals surface area contributed by atoms with Crippen molar-refractivity contribution < 1.29 is 9.90 Å². The summed E-state index contributed by atoms with van der Waals surface area (Å²) >= 11 is 11.4. The molecule has 0 aliphatic rings. The normalized spacial score (nSPS) is 7.91. The van der Waals surface area contributed by atoms with Crippen molar-refractivity contribution in [1.82, 2.24) is 0 Å². The molecule has 0 saturated heterocycles. The highest BCUT2D eigenvalue weighted by atomic mass is 32.2. The number of rotatable bonds is 3. The van der Waals surface area contributed by atoms with Crippen molar-refractivity contribution in [1.29, 1.82) is 0 Å². The van der Waals surface area contributed by atoms with Crippen LogP contribution in [0, 0.1) is 0 Å². The molecule has 1 N–H and O–H groups in total. The Morgan fingerprint density at radius 1 is 1.55 bits per heavy atom. The summed E-state index contributed by atoms with van der Waals surface area (Å²) in [5.74, 6) is -0.693. The first-order chi connectivity index (χ1) is 5.00. The van der Waals surface area contributed by atoms with Gasteiger partial charge >= 0.3 is 5.97 Å². The second kappa shape index (κ2) is 10.3. The summed E-state index contributed by atoms with van der Waals surface area (Å²) in [4.78, 5) is 9.76. The van der Waals surface area contributed by atoms with E-state index in [9.17, 15) is 4.79 Å². The fourth-order valence-corrected chi connectivity index (χ4v) is 0.328. The SMILES string of the molecule is CCCCC(=O)O.S=C(S)S. The van der Waals surface area contributed by atoms with Crippen LogP contribution in [0.4, 0.5) is 0 Å². The highest BCUT2D eigenvalue weighted by Gasteiger charge is 1.90. The van der Waals surface area contributed by atoms with Gasteiger partial charge in [0.1, 0.15) is 0 Å². The molecule has 0 unspecified atom stereocenters. The second-order valence-electron chi connectivity index (χ2n) is 1.78. The van der Waals surface area contributed by atoms with Crippen LogP contribution in [-0.4, -0.2) is 14.6 Å². The van der Waals surface area contributed by atoms with Crippen molar-refractivity contribution in [2.24, 2.45) is 0 Å². The van der Waals surface area contributed by atoms with Crippen LogP contribution < -0.4 is 0 Å². The second-order valence-corrected chi connectivity index (χ2v) is 4.04. The fourth-order valence-electron chi connectivity index (χ4n) is 0.328. The van der Waals surface area contributed by atoms with Crippen LogP contribution in [0.3, 0.4) is 0 Å². The van der Waals surface area contributed by atoms with E-state index in [1.54, 1.807) is 0 Å². The molecule has 0 amide bonds. The van der Waals surface area contributed by atoms with Gasteiger partial charge < -0.3 is 5.11 Å². The lowest BCUT2D eigenvalue weighted by atomic mass is 10.3. The average molecular weight is 212 g/mol. The van der Waals surface area contributed by atoms with Crippen molar-refractivity contribution in [3.63, 3.8) is 0 Å². The van der Waals surface area contributed by atoms with Crippen LogP contribution in [0.2, 0.25) is 0 Å². The third-order valence-electron chi connectivity index (χ3n) is 0.744. The molecule has 0 aromatic carbocycles. The molecule has 0 saturated carbocycles. The third-order valence-corrected chi connectivity index (χ3v) is 0.744. The maximum atomic E-state index is 9.76. The molecule has 0 aliphatic carbocycles. The Kier molecular flexibility index (Phi) is 12.9. The van der Waals surface area contributed by atoms with E-state index in [1.165, 1.54) is 0 Å². The van der Waals surface area contributed by atoms with Gasteiger partial charge in [-0.3, -0.25) is 4.79 Å². The van der Waals surface area contributed by atoms with Gasteiger partial charge in [0.2, 0.25) is 0 Å². The largest absolute Gasteiger partial charge is 0.481 e. The Labute approximate surface area is 83.2 Å². The van der Waals surface area contributed by atoms with E-state index in [4.69, 9.17) is 5.11 Å². The number of unbranched alkanes of at least 4 members (excludes halogenated alkanes) is 1. The van der Waals surface area contributed by atoms with Gasteiger partial charge in [-0.05, 0) is 6.42 Å². The lowest BCUT2D eigenvalue weighted by Gasteiger charge is -1.85. The average Bonchev–Trinajstić information content (AvgIpc) is 1.82. The molecule has 0 bridgehead atoms. The standard InChI is InChI=1S/C5H10O2.CH2S3/c1-2-3-4-5(6)7;2-1(3)4/h2-4H2,1H3,(H,6,7);(H2,2,3,4). The monoisotopic (exact) mass is 212 g/mol. The molecule has 2 nitrogen and oxygen atoms in total. The molecule has 0 atom stereocenters. The number of carboxylic acids is 1. The minimum Gasteiger partial charge on any atom is -0.481 e. The Balaban J connectivity index is 0. The minimum absolute atomic E-state index is 0.316. The molecule has 0 rings (SSSR count). The first-order valence-corrected chi connectivity index (χ1v) is 4.44. The van der Waals surface area contributed by atoms with E-state index in [-0.39, 0.29) is 0 Å². The van der Waals surface area contributed by atoms with Gasteiger partial charge in [0.25, 0.3) is 0 Å². The molecular weight excluding hydrogens is 200 g/mol. The molecule has 5 heteroatoms. The summed E-state index contributed by atoms with van der Waals surface area (Å²) in [6, 6.07) is 0. The summed E-state index contributed by atoms with van der Waals surface area (Å²) in [6.45, 7) is 1.98. The van der Waals surface area contributed by atoms with E-state index in [0.29, 0.717) is 9.95 Å². The fraction of sp³-hybridized carbons (Fsp3) is 0.667. The Hall–Kier alpha value is 0.260. The van der Waals surface area contributed by atoms with Crippen LogP contribution in [-0.2, 0) is 4.79 Å². The predicted molar refractivity (Wildman–Crippen MR) is 57.7 cm³/mol. The summed E-state index contributed by atoms with van der Waals surface area (Å²) in [5, 5.41) is 8.04. The predicted octanol–water partition coefficient (Wildman–Crippen LogP) is 2.39. The molecule has 0 aromatic rings. The van der Waals surface area contributed by atoms with Gasteiger partial charge in [0, 0.05) is 6.42 Å². The van der Waals surface area contributed by atoms with Crippen molar-refractivity contribution in [2.45, 2.75) is 26.2 Å². The quantitative estimate of drug-likeness (QED) is 0.497. The minimum atomic E-state index is -0.693. The van der Waals surface area contributed by atoms with Crippen LogP contribution in [0.1, 0.15) is 26.2 Å². The first-order valence-electron chi connectivity index (χ1n) is 3.14. The van der Waals surface area contributed by atoms with E-state index in [1.807, 2.05) is 6.92 Å². The van der Waals surface area contributed by atoms with Crippen LogP contribution in [0.25, 0.3) is 0 Å². The zero-order chi connectivity index (χ0) is 9.28. The lowest BCUT2D eigenvalue weighted by molar-refractivity contribution is -0.137. The van der Waals surface area contributed by atoms with Gasteiger partial charge in [0.05, 0.1) is 3.53 Å². The maximum Gasteiger partial charge on any atom is 0.303 e. The summed E-state index contributed by atoms with van der Waals surface area (Å²) in [5.41, 5.74) is 0. The molecule has 0 aliphatic heterocycles. The zero-order valence-corrected chi connectivity index (χ0v) is 8.88. The molecule has 0 spiro atoms. The number of hydrogen-bond donors (Lipinski definition) is 3. The number of thiol groups is 2. The number of carbonyl (C=O) groups is 1. The van der Waals surface area contributed by atoms with E-state index in [2.05, 4.69) is 37.5 Å². The highest BCUT2D eigenvalue weighted by molar-refractivity contribution is 8.34. The van der Waals surface area contributed by atoms with Crippen LogP contribution >= 0.6 is 37.5 Å². The topological polar surface area (TPSA) is 37.3 Å². The van der Waals surface area contributed by atoms with Gasteiger partial charge in [0.15, 0.2) is 0 Å². The first kappa shape index (κ1) is 13.8. The van der Waals surface area contributed by atoms with Crippen molar-refractivity contribution in [3.8, 4) is 0 Å². The van der Waals surface area contributed by atoms with Crippen LogP contribution in [0.15, 0.2) is 0 Å². The molecule has 0 heterocycles. The summed E-state index contributed by atoms with van der Waals surface area (Å²) in [6.07, 6.45) is 2.08. The van der Waals surface area contributed by atoms with Crippen molar-refractivity contribution in [3.05, 3.63) is 0 Å². The Morgan fingerprint density at radius 3 is 2.00 bits per heavy atom. The van der Waals surface area contributed by atoms with Crippen LogP contribution in [0.5, 0.6) is 0 Å². The van der Waals surface area contributed by atoms with Crippen molar-refractivity contribution in [2.75, 3.05) is 0 Å². The number of thiocarbonyl (C=S) groups is 1. The molecule has 66 valence electrons. The van der Waals surface area contributed by atoms with E-state index in [0.717, 1.165) is 12.8 Å². The maximum absolute atomic E-state index is 9.76. The Bertz CT molecular complexity index is 121. The zero-order valence-electron chi connectivity index (χ0n) is 6.28. The summed E-state index contributed by atoms with van der Waals surface area (Å²) < 4.78 is 0.389. The number of hydrogen-bond acceptors (Lipinski definition) is 2. The molecule has 0 fully saturated rings. The summed E-state index contributed by atoms with van der Waals surface area (Å²) in [7, 11) is 0. The van der Waals surface area contributed by atoms with Gasteiger partial charge in [-0.15, -0.1) is 25.3 Å². The van der Waals surface area contributed by atoms with Gasteiger partial charge in [-0.2, -0.15) is 0 Å². The molecule has 0 radical (unpaired) electrons. The number of carboxylic acid groups (broad SMARTS) is 1. The number of aliphatic carboxylic acids is 1. The molecular formula is C6H12O2S3. The third kappa shape index (κ3) is 38.6. The van der Waals surface area contributed by atoms with Gasteiger partial charge in [-0.25, -0.2) is 0 Å².